The smallest absolute Gasteiger partial charge is 0.416 e. The minimum Gasteiger partial charge on any atom is -0.467 e. The fraction of sp³-hybridized carbons (Fsp3) is 0.148. The molecule has 2 amide bonds. The maximum absolute atomic E-state index is 13.2. The lowest BCUT2D eigenvalue weighted by atomic mass is 10.2. The highest BCUT2D eigenvalue weighted by Gasteiger charge is 2.32. The summed E-state index contributed by atoms with van der Waals surface area (Å²) in [7, 11) is -4.57. The first kappa shape index (κ1) is 28.1. The summed E-state index contributed by atoms with van der Waals surface area (Å²) in [6.45, 7) is 1.94. The summed E-state index contributed by atoms with van der Waals surface area (Å²) in [5.74, 6) is 0.375. The Morgan fingerprint density at radius 2 is 1.77 bits per heavy atom. The van der Waals surface area contributed by atoms with Crippen LogP contribution in [0, 0.1) is 6.92 Å². The molecule has 7 nitrogen and oxygen atoms in total. The normalized spacial score (nSPS) is 11.7. The first-order valence-electron chi connectivity index (χ1n) is 11.5. The van der Waals surface area contributed by atoms with Crippen LogP contribution < -0.4 is 9.50 Å². The standard InChI is InChI=1S/C27H22ClF3N2O5S/c1-18-10-11-21(15-25(18)28)32-26(34)33(17-23-8-4-12-37-23)16-19-5-2-7-22(13-19)38-39(35,36)24-9-3-6-20(14-24)27(29,30)31/h2-15H,16-17H2,1H3,(H,32,34). The number of nitrogens with one attached hydrogen (secondary N) is 1. The Morgan fingerprint density at radius 1 is 1.00 bits per heavy atom. The van der Waals surface area contributed by atoms with Crippen molar-refractivity contribution in [2.75, 3.05) is 5.32 Å². The zero-order valence-corrected chi connectivity index (χ0v) is 22.0. The number of hydrogen-bond donors (Lipinski definition) is 1. The summed E-state index contributed by atoms with van der Waals surface area (Å²) in [6.07, 6.45) is -3.24. The van der Waals surface area contributed by atoms with Crippen molar-refractivity contribution in [3.8, 4) is 5.75 Å². The molecule has 1 N–H and O–H groups in total. The third-order valence-electron chi connectivity index (χ3n) is 5.56. The van der Waals surface area contributed by atoms with Crippen LogP contribution in [0.4, 0.5) is 23.7 Å². The zero-order valence-electron chi connectivity index (χ0n) is 20.4. The van der Waals surface area contributed by atoms with Gasteiger partial charge in [0.1, 0.15) is 16.4 Å². The highest BCUT2D eigenvalue weighted by Crippen LogP contribution is 2.31. The van der Waals surface area contributed by atoms with E-state index in [1.54, 1.807) is 36.4 Å². The summed E-state index contributed by atoms with van der Waals surface area (Å²) >= 11 is 6.17. The number of nitrogens with zero attached hydrogens (tertiary/aromatic N) is 1. The average Bonchev–Trinajstić information content (AvgIpc) is 3.39. The molecule has 4 rings (SSSR count). The number of halogens is 4. The molecule has 1 aromatic heterocycles. The number of benzene rings is 3. The Balaban J connectivity index is 1.54. The van der Waals surface area contributed by atoms with E-state index in [2.05, 4.69) is 5.32 Å². The van der Waals surface area contributed by atoms with Gasteiger partial charge in [-0.05, 0) is 72.6 Å². The van der Waals surface area contributed by atoms with E-state index < -0.39 is 32.8 Å². The van der Waals surface area contributed by atoms with Gasteiger partial charge in [0.05, 0.1) is 18.4 Å². The van der Waals surface area contributed by atoms with E-state index in [0.29, 0.717) is 28.1 Å². The second-order valence-electron chi connectivity index (χ2n) is 8.54. The predicted octanol–water partition coefficient (Wildman–Crippen LogP) is 7.26. The fourth-order valence-corrected chi connectivity index (χ4v) is 4.73. The lowest BCUT2D eigenvalue weighted by Crippen LogP contribution is -2.34. The van der Waals surface area contributed by atoms with Crippen LogP contribution >= 0.6 is 11.6 Å². The Bertz CT molecular complexity index is 1570. The van der Waals surface area contributed by atoms with Gasteiger partial charge in [0.2, 0.25) is 0 Å². The molecule has 39 heavy (non-hydrogen) atoms. The highest BCUT2D eigenvalue weighted by atomic mass is 35.5. The summed E-state index contributed by atoms with van der Waals surface area (Å²) in [5.41, 5.74) is 0.703. The third kappa shape index (κ3) is 7.33. The molecule has 0 aliphatic carbocycles. The van der Waals surface area contributed by atoms with Gasteiger partial charge in [-0.15, -0.1) is 0 Å². The molecular formula is C27H22ClF3N2O5S. The molecule has 0 saturated carbocycles. The molecule has 0 aliphatic heterocycles. The maximum atomic E-state index is 13.2. The number of anilines is 1. The minimum absolute atomic E-state index is 0.0208. The molecule has 4 aromatic rings. The van der Waals surface area contributed by atoms with Crippen LogP contribution in [-0.4, -0.2) is 19.3 Å². The van der Waals surface area contributed by atoms with E-state index in [4.69, 9.17) is 20.2 Å². The van der Waals surface area contributed by atoms with Gasteiger partial charge in [0, 0.05) is 17.3 Å². The summed E-state index contributed by atoms with van der Waals surface area (Å²) in [5, 5.41) is 3.26. The average molecular weight is 579 g/mol. The van der Waals surface area contributed by atoms with Gasteiger partial charge in [-0.1, -0.05) is 35.9 Å². The van der Waals surface area contributed by atoms with Crippen LogP contribution in [-0.2, 0) is 29.4 Å². The van der Waals surface area contributed by atoms with E-state index in [1.807, 2.05) is 6.92 Å². The number of furan rings is 1. The molecule has 0 spiro atoms. The number of aryl methyl sites for hydroxylation is 1. The van der Waals surface area contributed by atoms with Crippen molar-refractivity contribution in [3.63, 3.8) is 0 Å². The van der Waals surface area contributed by atoms with Gasteiger partial charge in [0.25, 0.3) is 0 Å². The lowest BCUT2D eigenvalue weighted by molar-refractivity contribution is -0.137. The monoisotopic (exact) mass is 578 g/mol. The second kappa shape index (κ2) is 11.4. The van der Waals surface area contributed by atoms with E-state index >= 15 is 0 Å². The molecule has 3 aromatic carbocycles. The van der Waals surface area contributed by atoms with Crippen LogP contribution in [0.15, 0.2) is 94.4 Å². The Kier molecular flexibility index (Phi) is 8.22. The number of carbonyl (C=O) groups is 1. The molecular weight excluding hydrogens is 557 g/mol. The quantitative estimate of drug-likeness (QED) is 0.222. The largest absolute Gasteiger partial charge is 0.467 e. The molecule has 0 radical (unpaired) electrons. The Labute approximate surface area is 227 Å². The van der Waals surface area contributed by atoms with Gasteiger partial charge in [-0.25, -0.2) is 4.79 Å². The lowest BCUT2D eigenvalue weighted by Gasteiger charge is -2.23. The summed E-state index contributed by atoms with van der Waals surface area (Å²) < 4.78 is 75.0. The SMILES string of the molecule is Cc1ccc(NC(=O)N(Cc2cccc(OS(=O)(=O)c3cccc(C(F)(F)F)c3)c2)Cc2ccco2)cc1Cl. The number of alkyl halides is 3. The highest BCUT2D eigenvalue weighted by molar-refractivity contribution is 7.87. The van der Waals surface area contributed by atoms with Gasteiger partial charge >= 0.3 is 22.3 Å². The molecule has 0 atom stereocenters. The Hall–Kier alpha value is -3.96. The maximum Gasteiger partial charge on any atom is 0.416 e. The number of hydrogen-bond acceptors (Lipinski definition) is 5. The van der Waals surface area contributed by atoms with Crippen molar-refractivity contribution >= 4 is 33.4 Å². The van der Waals surface area contributed by atoms with E-state index in [9.17, 15) is 26.4 Å². The van der Waals surface area contributed by atoms with Gasteiger partial charge in [-0.3, -0.25) is 0 Å². The molecule has 0 aliphatic rings. The van der Waals surface area contributed by atoms with E-state index in [1.165, 1.54) is 29.4 Å². The molecule has 0 saturated heterocycles. The van der Waals surface area contributed by atoms with Gasteiger partial charge < -0.3 is 18.8 Å². The predicted molar refractivity (Wildman–Crippen MR) is 139 cm³/mol. The molecule has 12 heteroatoms. The first-order valence-corrected chi connectivity index (χ1v) is 13.2. The van der Waals surface area contributed by atoms with Crippen LogP contribution in [0.3, 0.4) is 0 Å². The Morgan fingerprint density at radius 3 is 2.46 bits per heavy atom. The van der Waals surface area contributed by atoms with Crippen LogP contribution in [0.5, 0.6) is 5.75 Å². The minimum atomic E-state index is -4.71. The topological polar surface area (TPSA) is 88.9 Å². The van der Waals surface area contributed by atoms with Gasteiger partial charge in [-0.2, -0.15) is 21.6 Å². The second-order valence-corrected chi connectivity index (χ2v) is 10.5. The number of urea groups is 1. The van der Waals surface area contributed by atoms with Crippen molar-refractivity contribution in [1.82, 2.24) is 4.90 Å². The number of carbonyl (C=O) groups excluding carboxylic acids is 1. The third-order valence-corrected chi connectivity index (χ3v) is 7.22. The molecule has 204 valence electrons. The van der Waals surface area contributed by atoms with Crippen LogP contribution in [0.25, 0.3) is 0 Å². The van der Waals surface area contributed by atoms with E-state index in [0.717, 1.165) is 23.8 Å². The van der Waals surface area contributed by atoms with Crippen molar-refractivity contribution in [2.45, 2.75) is 31.1 Å². The van der Waals surface area contributed by atoms with E-state index in [-0.39, 0.29) is 18.8 Å². The van der Waals surface area contributed by atoms with Crippen molar-refractivity contribution < 1.29 is 35.0 Å². The van der Waals surface area contributed by atoms with Crippen molar-refractivity contribution in [1.29, 1.82) is 0 Å². The van der Waals surface area contributed by atoms with Crippen LogP contribution in [0.2, 0.25) is 5.02 Å². The molecule has 0 bridgehead atoms. The van der Waals surface area contributed by atoms with Crippen molar-refractivity contribution in [3.05, 3.63) is 113 Å². The summed E-state index contributed by atoms with van der Waals surface area (Å²) in [6, 6.07) is 17.2. The van der Waals surface area contributed by atoms with Crippen LogP contribution in [0.1, 0.15) is 22.5 Å². The van der Waals surface area contributed by atoms with Crippen molar-refractivity contribution in [2.24, 2.45) is 0 Å². The first-order chi connectivity index (χ1) is 18.4. The zero-order chi connectivity index (χ0) is 28.2. The molecule has 0 fully saturated rings. The van der Waals surface area contributed by atoms with Gasteiger partial charge in [0.15, 0.2) is 0 Å². The molecule has 1 heterocycles. The molecule has 0 unspecified atom stereocenters. The fourth-order valence-electron chi connectivity index (χ4n) is 3.58. The number of amides is 2. The summed E-state index contributed by atoms with van der Waals surface area (Å²) in [4.78, 5) is 13.9. The number of rotatable bonds is 8.